The maximum Gasteiger partial charge on any atom is 0.310 e. The summed E-state index contributed by atoms with van der Waals surface area (Å²) in [5, 5.41) is 0.724. The smallest absolute Gasteiger partial charge is 0.310 e. The lowest BCUT2D eigenvalue weighted by Crippen LogP contribution is -2.42. The third kappa shape index (κ3) is 3.58. The van der Waals surface area contributed by atoms with Gasteiger partial charge in [-0.2, -0.15) is 0 Å². The number of hydrogen-bond acceptors (Lipinski definition) is 6. The van der Waals surface area contributed by atoms with Crippen LogP contribution >= 0.6 is 0 Å². The van der Waals surface area contributed by atoms with Gasteiger partial charge in [0.2, 0.25) is 5.75 Å². The number of nitrogens with zero attached hydrogens (tertiary/aromatic N) is 1. The van der Waals surface area contributed by atoms with Gasteiger partial charge in [-0.05, 0) is 25.8 Å². The topological polar surface area (TPSA) is 90.1 Å². The molecule has 3 rings (SSSR count). The van der Waals surface area contributed by atoms with Crippen molar-refractivity contribution in [2.24, 2.45) is 5.92 Å². The van der Waals surface area contributed by atoms with Gasteiger partial charge in [0.15, 0.2) is 11.5 Å². The first kappa shape index (κ1) is 19.9. The van der Waals surface area contributed by atoms with Crippen LogP contribution in [0.2, 0.25) is 0 Å². The molecule has 152 valence electrons. The van der Waals surface area contributed by atoms with Gasteiger partial charge in [0.1, 0.15) is 5.69 Å². The Hall–Kier alpha value is -2.90. The highest BCUT2D eigenvalue weighted by molar-refractivity contribution is 6.01. The molecule has 8 heteroatoms. The monoisotopic (exact) mass is 390 g/mol. The second kappa shape index (κ2) is 8.41. The molecule has 8 nitrogen and oxygen atoms in total. The summed E-state index contributed by atoms with van der Waals surface area (Å²) in [4.78, 5) is 29.9. The van der Waals surface area contributed by atoms with E-state index in [2.05, 4.69) is 4.98 Å². The van der Waals surface area contributed by atoms with Gasteiger partial charge in [0, 0.05) is 24.5 Å². The highest BCUT2D eigenvalue weighted by atomic mass is 16.5. The number of methoxy groups -OCH3 is 3. The molecule has 2 heterocycles. The summed E-state index contributed by atoms with van der Waals surface area (Å²) in [5.74, 6) is 0.786. The van der Waals surface area contributed by atoms with Gasteiger partial charge >= 0.3 is 5.97 Å². The number of esters is 1. The zero-order valence-corrected chi connectivity index (χ0v) is 16.7. The third-order valence-electron chi connectivity index (χ3n) is 4.99. The van der Waals surface area contributed by atoms with Crippen LogP contribution in [-0.4, -0.2) is 62.8 Å². The lowest BCUT2D eigenvalue weighted by atomic mass is 9.98. The predicted octanol–water partition coefficient (Wildman–Crippen LogP) is 2.61. The van der Waals surface area contributed by atoms with Crippen molar-refractivity contribution in [2.45, 2.75) is 19.8 Å². The van der Waals surface area contributed by atoms with E-state index in [0.717, 1.165) is 18.2 Å². The van der Waals surface area contributed by atoms with Crippen molar-refractivity contribution in [3.63, 3.8) is 0 Å². The van der Waals surface area contributed by atoms with E-state index in [4.69, 9.17) is 18.9 Å². The molecule has 1 N–H and O–H groups in total. The van der Waals surface area contributed by atoms with Crippen LogP contribution in [0.25, 0.3) is 10.9 Å². The largest absolute Gasteiger partial charge is 0.493 e. The summed E-state index contributed by atoms with van der Waals surface area (Å²) in [6.07, 6.45) is 1.50. The molecule has 1 fully saturated rings. The molecule has 0 unspecified atom stereocenters. The lowest BCUT2D eigenvalue weighted by molar-refractivity contribution is -0.149. The molecule has 0 saturated carbocycles. The van der Waals surface area contributed by atoms with E-state index in [-0.39, 0.29) is 17.8 Å². The quantitative estimate of drug-likeness (QED) is 0.763. The minimum atomic E-state index is -0.281. The van der Waals surface area contributed by atoms with E-state index in [1.165, 1.54) is 7.11 Å². The predicted molar refractivity (Wildman–Crippen MR) is 103 cm³/mol. The minimum Gasteiger partial charge on any atom is -0.493 e. The zero-order chi connectivity index (χ0) is 20.3. The average molecular weight is 390 g/mol. The van der Waals surface area contributed by atoms with Crippen LogP contribution in [0.3, 0.4) is 0 Å². The van der Waals surface area contributed by atoms with Crippen LogP contribution in [0.15, 0.2) is 12.1 Å². The Bertz CT molecular complexity index is 875. The second-order valence-electron chi connectivity index (χ2n) is 6.63. The van der Waals surface area contributed by atoms with Crippen LogP contribution in [0.5, 0.6) is 17.2 Å². The number of fused-ring (bicyclic) bond motifs is 1. The van der Waals surface area contributed by atoms with Gasteiger partial charge in [-0.1, -0.05) is 0 Å². The Balaban J connectivity index is 1.91. The van der Waals surface area contributed by atoms with Crippen molar-refractivity contribution in [1.82, 2.24) is 9.88 Å². The summed E-state index contributed by atoms with van der Waals surface area (Å²) in [6, 6.07) is 3.51. The molecule has 0 spiro atoms. The number of carbonyl (C=O) groups is 2. The first-order chi connectivity index (χ1) is 13.5. The summed E-state index contributed by atoms with van der Waals surface area (Å²) < 4.78 is 21.4. The second-order valence-corrected chi connectivity index (χ2v) is 6.63. The number of amides is 1. The maximum atomic E-state index is 13.0. The summed E-state index contributed by atoms with van der Waals surface area (Å²) in [5.41, 5.74) is 1.13. The minimum absolute atomic E-state index is 0.162. The van der Waals surface area contributed by atoms with Crippen LogP contribution in [-0.2, 0) is 9.53 Å². The molecule has 1 atom stereocenters. The van der Waals surface area contributed by atoms with Crippen molar-refractivity contribution >= 4 is 22.8 Å². The van der Waals surface area contributed by atoms with E-state index in [1.807, 2.05) is 0 Å². The Morgan fingerprint density at radius 2 is 1.89 bits per heavy atom. The fourth-order valence-electron chi connectivity index (χ4n) is 3.65. The molecule has 1 saturated heterocycles. The molecule has 1 amide bonds. The molecule has 0 aliphatic carbocycles. The van der Waals surface area contributed by atoms with Crippen molar-refractivity contribution in [2.75, 3.05) is 41.0 Å². The lowest BCUT2D eigenvalue weighted by Gasteiger charge is -2.31. The molecule has 28 heavy (non-hydrogen) atoms. The van der Waals surface area contributed by atoms with Crippen molar-refractivity contribution in [3.05, 3.63) is 17.8 Å². The van der Waals surface area contributed by atoms with Gasteiger partial charge in [-0.25, -0.2) is 0 Å². The number of hydrogen-bond donors (Lipinski definition) is 1. The van der Waals surface area contributed by atoms with E-state index in [0.29, 0.717) is 48.2 Å². The number of benzene rings is 1. The van der Waals surface area contributed by atoms with E-state index in [1.54, 1.807) is 38.2 Å². The summed E-state index contributed by atoms with van der Waals surface area (Å²) >= 11 is 0. The Labute approximate surface area is 163 Å². The molecule has 0 radical (unpaired) electrons. The molecule has 2 aromatic rings. The van der Waals surface area contributed by atoms with Crippen LogP contribution < -0.4 is 14.2 Å². The number of aromatic nitrogens is 1. The number of rotatable bonds is 6. The number of nitrogens with one attached hydrogen (secondary N) is 1. The van der Waals surface area contributed by atoms with Crippen LogP contribution in [0, 0.1) is 5.92 Å². The SMILES string of the molecule is CCOC(=O)[C@@H]1CCCN(C(=O)c2cc3c(OC)c(OC)c(OC)cc3[nH]2)C1. The molecule has 0 bridgehead atoms. The third-order valence-corrected chi connectivity index (χ3v) is 4.99. The van der Waals surface area contributed by atoms with Gasteiger partial charge in [0.25, 0.3) is 5.91 Å². The zero-order valence-electron chi connectivity index (χ0n) is 16.7. The summed E-state index contributed by atoms with van der Waals surface area (Å²) in [6.45, 7) is 3.09. The van der Waals surface area contributed by atoms with Gasteiger partial charge in [-0.15, -0.1) is 0 Å². The molecule has 1 aliphatic rings. The maximum absolute atomic E-state index is 13.0. The van der Waals surface area contributed by atoms with Crippen molar-refractivity contribution in [3.8, 4) is 17.2 Å². The van der Waals surface area contributed by atoms with E-state index >= 15 is 0 Å². The van der Waals surface area contributed by atoms with Crippen LogP contribution in [0.4, 0.5) is 0 Å². The number of ether oxygens (including phenoxy) is 4. The van der Waals surface area contributed by atoms with Crippen molar-refractivity contribution in [1.29, 1.82) is 0 Å². The molecule has 1 aliphatic heterocycles. The number of likely N-dealkylation sites (tertiary alicyclic amines) is 1. The van der Waals surface area contributed by atoms with Crippen LogP contribution in [0.1, 0.15) is 30.3 Å². The fourth-order valence-corrected chi connectivity index (χ4v) is 3.65. The van der Waals surface area contributed by atoms with Crippen molar-refractivity contribution < 1.29 is 28.5 Å². The normalized spacial score (nSPS) is 16.7. The summed E-state index contributed by atoms with van der Waals surface area (Å²) in [7, 11) is 4.62. The first-order valence-corrected chi connectivity index (χ1v) is 9.31. The van der Waals surface area contributed by atoms with Gasteiger partial charge in [-0.3, -0.25) is 9.59 Å². The van der Waals surface area contributed by atoms with Gasteiger partial charge in [0.05, 0.1) is 39.4 Å². The highest BCUT2D eigenvalue weighted by Gasteiger charge is 2.31. The van der Waals surface area contributed by atoms with E-state index in [9.17, 15) is 9.59 Å². The average Bonchev–Trinajstić information content (AvgIpc) is 3.15. The molecular formula is C20H26N2O6. The Kier molecular flexibility index (Phi) is 5.96. The Morgan fingerprint density at radius 1 is 1.14 bits per heavy atom. The molecule has 1 aromatic heterocycles. The number of aromatic amines is 1. The number of piperidine rings is 1. The number of carbonyl (C=O) groups excluding carboxylic acids is 2. The molecular weight excluding hydrogens is 364 g/mol. The highest BCUT2D eigenvalue weighted by Crippen LogP contribution is 2.43. The molecule has 1 aromatic carbocycles. The Morgan fingerprint density at radius 3 is 2.54 bits per heavy atom. The van der Waals surface area contributed by atoms with Gasteiger partial charge < -0.3 is 28.8 Å². The fraction of sp³-hybridized carbons (Fsp3) is 0.500. The standard InChI is InChI=1S/C20H26N2O6/c1-5-28-20(24)12-7-6-8-22(11-12)19(23)15-9-13-14(21-15)10-16(25-2)18(27-4)17(13)26-3/h9-10,12,21H,5-8,11H2,1-4H3/t12-/m1/s1. The first-order valence-electron chi connectivity index (χ1n) is 9.31. The number of H-pyrrole nitrogens is 1. The van der Waals surface area contributed by atoms with E-state index < -0.39 is 0 Å².